The number of thiazole rings is 1. The molecule has 27 heavy (non-hydrogen) atoms. The van der Waals surface area contributed by atoms with Crippen molar-refractivity contribution >= 4 is 17.2 Å². The van der Waals surface area contributed by atoms with E-state index in [1.54, 1.807) is 36.6 Å². The fourth-order valence-corrected chi connectivity index (χ4v) is 3.69. The van der Waals surface area contributed by atoms with Crippen LogP contribution in [-0.4, -0.2) is 31.3 Å². The number of aromatic nitrogens is 1. The number of rotatable bonds is 6. The molecule has 7 heteroatoms. The van der Waals surface area contributed by atoms with Crippen LogP contribution in [0.15, 0.2) is 47.8 Å². The maximum Gasteiger partial charge on any atom is 0.251 e. The Balaban J connectivity index is 1.36. The molecule has 3 aromatic rings. The lowest BCUT2D eigenvalue weighted by atomic mass is 10.2. The highest BCUT2D eigenvalue weighted by Gasteiger charge is 2.16. The summed E-state index contributed by atoms with van der Waals surface area (Å²) in [4.78, 5) is 17.0. The molecule has 0 saturated heterocycles. The second-order valence-corrected chi connectivity index (χ2v) is 6.78. The van der Waals surface area contributed by atoms with Gasteiger partial charge in [0, 0.05) is 23.9 Å². The van der Waals surface area contributed by atoms with Gasteiger partial charge in [0.25, 0.3) is 5.91 Å². The minimum Gasteiger partial charge on any atom is -0.496 e. The Morgan fingerprint density at radius 1 is 1.22 bits per heavy atom. The van der Waals surface area contributed by atoms with Crippen LogP contribution in [0.1, 0.15) is 16.1 Å². The highest BCUT2D eigenvalue weighted by molar-refractivity contribution is 7.13. The zero-order valence-corrected chi connectivity index (χ0v) is 15.5. The number of benzene rings is 2. The molecule has 2 heterocycles. The summed E-state index contributed by atoms with van der Waals surface area (Å²) in [5.41, 5.74) is 2.46. The standard InChI is InChI=1S/C20H18N2O4S/c1-24-16-5-3-2-4-15(16)20-22-14(11-27-20)8-9-21-19(23)13-6-7-17-18(10-13)26-12-25-17/h2-7,10-11H,8-9,12H2,1H3,(H,21,23). The lowest BCUT2D eigenvalue weighted by Gasteiger charge is -2.05. The maximum atomic E-state index is 12.3. The second-order valence-electron chi connectivity index (χ2n) is 5.92. The van der Waals surface area contributed by atoms with Gasteiger partial charge < -0.3 is 19.5 Å². The summed E-state index contributed by atoms with van der Waals surface area (Å²) in [6.07, 6.45) is 0.655. The van der Waals surface area contributed by atoms with E-state index in [1.165, 1.54) is 0 Å². The van der Waals surface area contributed by atoms with E-state index < -0.39 is 0 Å². The van der Waals surface area contributed by atoms with E-state index in [1.807, 2.05) is 29.6 Å². The van der Waals surface area contributed by atoms with Crippen LogP contribution < -0.4 is 19.5 Å². The lowest BCUT2D eigenvalue weighted by molar-refractivity contribution is 0.0953. The van der Waals surface area contributed by atoms with Crippen molar-refractivity contribution in [3.05, 3.63) is 59.1 Å². The number of nitrogens with one attached hydrogen (secondary N) is 1. The molecule has 138 valence electrons. The van der Waals surface area contributed by atoms with E-state index in [-0.39, 0.29) is 12.7 Å². The van der Waals surface area contributed by atoms with Gasteiger partial charge in [0.1, 0.15) is 10.8 Å². The first-order valence-corrected chi connectivity index (χ1v) is 9.38. The van der Waals surface area contributed by atoms with Crippen molar-refractivity contribution in [1.29, 1.82) is 0 Å². The first-order valence-electron chi connectivity index (χ1n) is 8.50. The first kappa shape index (κ1) is 17.4. The van der Waals surface area contributed by atoms with E-state index >= 15 is 0 Å². The van der Waals surface area contributed by atoms with Crippen LogP contribution in [0.5, 0.6) is 17.2 Å². The molecule has 0 unspecified atom stereocenters. The molecule has 2 aromatic carbocycles. The van der Waals surface area contributed by atoms with E-state index in [0.29, 0.717) is 30.0 Å². The predicted octanol–water partition coefficient (Wildman–Crippen LogP) is 3.52. The largest absolute Gasteiger partial charge is 0.496 e. The maximum absolute atomic E-state index is 12.3. The Morgan fingerprint density at radius 3 is 2.96 bits per heavy atom. The van der Waals surface area contributed by atoms with Gasteiger partial charge in [0.2, 0.25) is 6.79 Å². The Hall–Kier alpha value is -3.06. The molecule has 0 radical (unpaired) electrons. The topological polar surface area (TPSA) is 69.7 Å². The summed E-state index contributed by atoms with van der Waals surface area (Å²) in [7, 11) is 1.65. The van der Waals surface area contributed by atoms with Crippen molar-refractivity contribution in [1.82, 2.24) is 10.3 Å². The van der Waals surface area contributed by atoms with Gasteiger partial charge in [-0.25, -0.2) is 4.98 Å². The van der Waals surface area contributed by atoms with Crippen molar-refractivity contribution in [3.8, 4) is 27.8 Å². The molecule has 1 N–H and O–H groups in total. The summed E-state index contributed by atoms with van der Waals surface area (Å²) >= 11 is 1.57. The zero-order chi connectivity index (χ0) is 18.6. The van der Waals surface area contributed by atoms with Crippen LogP contribution >= 0.6 is 11.3 Å². The molecule has 0 atom stereocenters. The number of methoxy groups -OCH3 is 1. The number of ether oxygens (including phenoxy) is 3. The van der Waals surface area contributed by atoms with Crippen LogP contribution in [0, 0.1) is 0 Å². The molecule has 0 fully saturated rings. The van der Waals surface area contributed by atoms with Gasteiger partial charge in [-0.15, -0.1) is 11.3 Å². The lowest BCUT2D eigenvalue weighted by Crippen LogP contribution is -2.25. The van der Waals surface area contributed by atoms with Crippen molar-refractivity contribution in [2.45, 2.75) is 6.42 Å². The van der Waals surface area contributed by atoms with Crippen molar-refractivity contribution < 1.29 is 19.0 Å². The van der Waals surface area contributed by atoms with Crippen molar-refractivity contribution in [3.63, 3.8) is 0 Å². The second kappa shape index (κ2) is 7.67. The molecule has 1 aromatic heterocycles. The number of carbonyl (C=O) groups is 1. The molecule has 6 nitrogen and oxygen atoms in total. The average Bonchev–Trinajstić information content (AvgIpc) is 3.36. The third-order valence-electron chi connectivity index (χ3n) is 4.19. The fourth-order valence-electron chi connectivity index (χ4n) is 2.81. The van der Waals surface area contributed by atoms with Gasteiger partial charge >= 0.3 is 0 Å². The predicted molar refractivity (Wildman–Crippen MR) is 103 cm³/mol. The number of amides is 1. The molecular weight excluding hydrogens is 364 g/mol. The normalized spacial score (nSPS) is 12.0. The number of carbonyl (C=O) groups excluding carboxylic acids is 1. The molecule has 0 spiro atoms. The summed E-state index contributed by atoms with van der Waals surface area (Å²) < 4.78 is 16.0. The number of fused-ring (bicyclic) bond motifs is 1. The third kappa shape index (κ3) is 3.73. The Labute approximate surface area is 160 Å². The number of nitrogens with zero attached hydrogens (tertiary/aromatic N) is 1. The molecule has 1 aliphatic rings. The van der Waals surface area contributed by atoms with Gasteiger partial charge in [0.05, 0.1) is 18.4 Å². The number of hydrogen-bond donors (Lipinski definition) is 1. The van der Waals surface area contributed by atoms with Gasteiger partial charge in [-0.1, -0.05) is 12.1 Å². The molecule has 0 aliphatic carbocycles. The molecule has 1 aliphatic heterocycles. The first-order chi connectivity index (χ1) is 13.2. The van der Waals surface area contributed by atoms with Crippen LogP contribution in [-0.2, 0) is 6.42 Å². The summed E-state index contributed by atoms with van der Waals surface area (Å²) in [5, 5.41) is 5.83. The molecule has 0 bridgehead atoms. The SMILES string of the molecule is COc1ccccc1-c1nc(CCNC(=O)c2ccc3c(c2)OCO3)cs1. The smallest absolute Gasteiger partial charge is 0.251 e. The van der Waals surface area contributed by atoms with E-state index in [4.69, 9.17) is 14.2 Å². The Kier molecular flexibility index (Phi) is 4.93. The minimum atomic E-state index is -0.145. The summed E-state index contributed by atoms with van der Waals surface area (Å²) in [6, 6.07) is 13.0. The number of hydrogen-bond acceptors (Lipinski definition) is 6. The highest BCUT2D eigenvalue weighted by atomic mass is 32.1. The average molecular weight is 382 g/mol. The van der Waals surface area contributed by atoms with Gasteiger partial charge in [-0.3, -0.25) is 4.79 Å². The van der Waals surface area contributed by atoms with Crippen molar-refractivity contribution in [2.24, 2.45) is 0 Å². The zero-order valence-electron chi connectivity index (χ0n) is 14.7. The quantitative estimate of drug-likeness (QED) is 0.706. The third-order valence-corrected chi connectivity index (χ3v) is 5.11. The van der Waals surface area contributed by atoms with Crippen molar-refractivity contribution in [2.75, 3.05) is 20.4 Å². The molecular formula is C20H18N2O4S. The Bertz CT molecular complexity index is 970. The monoisotopic (exact) mass is 382 g/mol. The van der Waals surface area contributed by atoms with Gasteiger partial charge in [-0.05, 0) is 30.3 Å². The molecule has 0 saturated carbocycles. The number of para-hydroxylation sites is 1. The van der Waals surface area contributed by atoms with Crippen LogP contribution in [0.4, 0.5) is 0 Å². The minimum absolute atomic E-state index is 0.145. The summed E-state index contributed by atoms with van der Waals surface area (Å²) in [5.74, 6) is 1.92. The van der Waals surface area contributed by atoms with Crippen LogP contribution in [0.2, 0.25) is 0 Å². The van der Waals surface area contributed by atoms with E-state index in [9.17, 15) is 4.79 Å². The van der Waals surface area contributed by atoms with E-state index in [0.717, 1.165) is 22.0 Å². The Morgan fingerprint density at radius 2 is 2.07 bits per heavy atom. The highest BCUT2D eigenvalue weighted by Crippen LogP contribution is 2.33. The van der Waals surface area contributed by atoms with Crippen LogP contribution in [0.25, 0.3) is 10.6 Å². The van der Waals surface area contributed by atoms with Gasteiger partial charge in [-0.2, -0.15) is 0 Å². The summed E-state index contributed by atoms with van der Waals surface area (Å²) in [6.45, 7) is 0.696. The van der Waals surface area contributed by atoms with Gasteiger partial charge in [0.15, 0.2) is 11.5 Å². The fraction of sp³-hybridized carbons (Fsp3) is 0.200. The van der Waals surface area contributed by atoms with E-state index in [2.05, 4.69) is 10.3 Å². The van der Waals surface area contributed by atoms with Crippen LogP contribution in [0.3, 0.4) is 0 Å². The molecule has 1 amide bonds. The molecule has 4 rings (SSSR count).